The van der Waals surface area contributed by atoms with Crippen molar-refractivity contribution in [1.29, 1.82) is 0 Å². The van der Waals surface area contributed by atoms with Crippen molar-refractivity contribution in [2.75, 3.05) is 24.6 Å². The summed E-state index contributed by atoms with van der Waals surface area (Å²) in [5, 5.41) is 0. The number of sulfonamides is 2. The Bertz CT molecular complexity index is 653. The highest BCUT2D eigenvalue weighted by Crippen LogP contribution is 2.20. The van der Waals surface area contributed by atoms with E-state index in [9.17, 15) is 16.8 Å². The van der Waals surface area contributed by atoms with Crippen molar-refractivity contribution in [1.82, 2.24) is 9.44 Å². The predicted octanol–water partition coefficient (Wildman–Crippen LogP) is 0.249. The third kappa shape index (κ3) is 5.37. The van der Waals surface area contributed by atoms with Crippen LogP contribution < -0.4 is 15.2 Å². The number of nitrogens with two attached hydrogens (primary N) is 1. The van der Waals surface area contributed by atoms with Crippen LogP contribution in [0, 0.1) is 0 Å². The SMILES string of the molecule is CCNS(=O)(=O)CCNS(=O)(=O)c1cc(N)cc(Br)c1. The lowest BCUT2D eigenvalue weighted by Gasteiger charge is -2.08. The van der Waals surface area contributed by atoms with Crippen molar-refractivity contribution in [3.63, 3.8) is 0 Å². The minimum absolute atomic E-state index is 0.0229. The zero-order valence-electron chi connectivity index (χ0n) is 10.8. The van der Waals surface area contributed by atoms with Gasteiger partial charge in [0.2, 0.25) is 20.0 Å². The molecule has 0 bridgehead atoms. The minimum atomic E-state index is -3.79. The number of anilines is 1. The molecule has 114 valence electrons. The fourth-order valence-corrected chi connectivity index (χ4v) is 4.28. The Balaban J connectivity index is 2.76. The Morgan fingerprint density at radius 1 is 1.15 bits per heavy atom. The van der Waals surface area contributed by atoms with Crippen molar-refractivity contribution < 1.29 is 16.8 Å². The number of hydrogen-bond acceptors (Lipinski definition) is 5. The van der Waals surface area contributed by atoms with Crippen molar-refractivity contribution in [3.05, 3.63) is 22.7 Å². The molecule has 0 aliphatic carbocycles. The number of nitrogen functional groups attached to an aromatic ring is 1. The van der Waals surface area contributed by atoms with Gasteiger partial charge in [-0.2, -0.15) is 0 Å². The summed E-state index contributed by atoms with van der Waals surface area (Å²) in [4.78, 5) is -0.0229. The smallest absolute Gasteiger partial charge is 0.240 e. The van der Waals surface area contributed by atoms with Crippen molar-refractivity contribution in [2.24, 2.45) is 0 Å². The molecule has 10 heteroatoms. The largest absolute Gasteiger partial charge is 0.399 e. The fourth-order valence-electron chi connectivity index (χ4n) is 1.43. The van der Waals surface area contributed by atoms with Gasteiger partial charge in [-0.15, -0.1) is 0 Å². The number of halogens is 1. The lowest BCUT2D eigenvalue weighted by Crippen LogP contribution is -2.34. The molecular weight excluding hydrogens is 370 g/mol. The maximum Gasteiger partial charge on any atom is 0.240 e. The summed E-state index contributed by atoms with van der Waals surface area (Å²) in [6.07, 6.45) is 0. The monoisotopic (exact) mass is 385 g/mol. The maximum atomic E-state index is 12.0. The Hall–Kier alpha value is -0.680. The number of rotatable bonds is 7. The molecule has 1 aromatic carbocycles. The average molecular weight is 386 g/mol. The van der Waals surface area contributed by atoms with E-state index in [2.05, 4.69) is 25.4 Å². The van der Waals surface area contributed by atoms with Crippen molar-refractivity contribution in [2.45, 2.75) is 11.8 Å². The first-order valence-corrected chi connectivity index (χ1v) is 9.62. The van der Waals surface area contributed by atoms with Crippen LogP contribution in [0.15, 0.2) is 27.6 Å². The summed E-state index contributed by atoms with van der Waals surface area (Å²) >= 11 is 3.15. The molecule has 0 aliphatic rings. The first-order valence-electron chi connectivity index (χ1n) is 5.69. The normalized spacial score (nSPS) is 12.5. The van der Waals surface area contributed by atoms with E-state index in [1.54, 1.807) is 13.0 Å². The van der Waals surface area contributed by atoms with Crippen LogP contribution in [0.2, 0.25) is 0 Å². The lowest BCUT2D eigenvalue weighted by atomic mass is 10.3. The third-order valence-corrected chi connectivity index (χ3v) is 5.60. The molecule has 0 aliphatic heterocycles. The summed E-state index contributed by atoms with van der Waals surface area (Å²) < 4.78 is 51.8. The van der Waals surface area contributed by atoms with E-state index in [4.69, 9.17) is 5.73 Å². The molecule has 0 amide bonds. The summed E-state index contributed by atoms with van der Waals surface area (Å²) in [7, 11) is -7.26. The van der Waals surface area contributed by atoms with Gasteiger partial charge < -0.3 is 5.73 Å². The molecule has 0 spiro atoms. The molecule has 0 unspecified atom stereocenters. The summed E-state index contributed by atoms with van der Waals surface area (Å²) in [5.41, 5.74) is 5.86. The molecule has 0 radical (unpaired) electrons. The van der Waals surface area contributed by atoms with E-state index in [0.29, 0.717) is 10.2 Å². The second-order valence-corrected chi connectivity index (χ2v) is 8.54. The summed E-state index contributed by atoms with van der Waals surface area (Å²) in [6.45, 7) is 1.69. The van der Waals surface area contributed by atoms with Gasteiger partial charge in [-0.1, -0.05) is 22.9 Å². The van der Waals surface area contributed by atoms with Gasteiger partial charge in [0.05, 0.1) is 10.6 Å². The van der Waals surface area contributed by atoms with E-state index in [1.165, 1.54) is 12.1 Å². The first kappa shape index (κ1) is 17.4. The highest BCUT2D eigenvalue weighted by Gasteiger charge is 2.16. The molecule has 0 heterocycles. The van der Waals surface area contributed by atoms with Crippen LogP contribution in [0.3, 0.4) is 0 Å². The zero-order chi connectivity index (χ0) is 15.4. The molecule has 0 aromatic heterocycles. The van der Waals surface area contributed by atoms with Gasteiger partial charge in [0.1, 0.15) is 0 Å². The second kappa shape index (κ2) is 6.85. The predicted molar refractivity (Wildman–Crippen MR) is 81.2 cm³/mol. The Morgan fingerprint density at radius 2 is 1.80 bits per heavy atom. The van der Waals surface area contributed by atoms with Gasteiger partial charge in [-0.25, -0.2) is 26.3 Å². The third-order valence-electron chi connectivity index (χ3n) is 2.23. The molecule has 0 saturated heterocycles. The fraction of sp³-hybridized carbons (Fsp3) is 0.400. The first-order chi connectivity index (χ1) is 9.16. The van der Waals surface area contributed by atoms with Crippen LogP contribution in [0.1, 0.15) is 6.92 Å². The van der Waals surface area contributed by atoms with Crippen LogP contribution in [0.25, 0.3) is 0 Å². The Morgan fingerprint density at radius 3 is 2.35 bits per heavy atom. The van der Waals surface area contributed by atoms with Crippen LogP contribution in [-0.2, 0) is 20.0 Å². The second-order valence-electron chi connectivity index (χ2n) is 3.93. The van der Waals surface area contributed by atoms with Gasteiger partial charge in [-0.05, 0) is 18.2 Å². The van der Waals surface area contributed by atoms with E-state index in [0.717, 1.165) is 0 Å². The quantitative estimate of drug-likeness (QED) is 0.581. The molecule has 7 nitrogen and oxygen atoms in total. The number of hydrogen-bond donors (Lipinski definition) is 3. The van der Waals surface area contributed by atoms with Crippen molar-refractivity contribution >= 4 is 41.7 Å². The Labute approximate surface area is 127 Å². The van der Waals surface area contributed by atoms with Gasteiger partial charge >= 0.3 is 0 Å². The molecule has 4 N–H and O–H groups in total. The number of nitrogens with one attached hydrogen (secondary N) is 2. The topological polar surface area (TPSA) is 118 Å². The van der Waals surface area contributed by atoms with E-state index in [-0.39, 0.29) is 23.7 Å². The van der Waals surface area contributed by atoms with E-state index >= 15 is 0 Å². The molecule has 0 fully saturated rings. The van der Waals surface area contributed by atoms with Gasteiger partial charge in [0.15, 0.2) is 0 Å². The highest BCUT2D eigenvalue weighted by molar-refractivity contribution is 9.10. The van der Waals surface area contributed by atoms with Gasteiger partial charge in [0.25, 0.3) is 0 Å². The molecule has 1 rings (SSSR count). The minimum Gasteiger partial charge on any atom is -0.399 e. The number of benzene rings is 1. The van der Waals surface area contributed by atoms with Crippen LogP contribution in [-0.4, -0.2) is 35.7 Å². The van der Waals surface area contributed by atoms with E-state index in [1.807, 2.05) is 0 Å². The molecular formula is C10H16BrN3O4S2. The van der Waals surface area contributed by atoms with Crippen LogP contribution in [0.4, 0.5) is 5.69 Å². The molecule has 0 atom stereocenters. The van der Waals surface area contributed by atoms with Gasteiger partial charge in [-0.3, -0.25) is 0 Å². The summed E-state index contributed by atoms with van der Waals surface area (Å²) in [6, 6.07) is 4.25. The van der Waals surface area contributed by atoms with Crippen LogP contribution in [0.5, 0.6) is 0 Å². The van der Waals surface area contributed by atoms with Crippen molar-refractivity contribution in [3.8, 4) is 0 Å². The lowest BCUT2D eigenvalue weighted by molar-refractivity contribution is 0.576. The maximum absolute atomic E-state index is 12.0. The summed E-state index contributed by atoms with van der Waals surface area (Å²) in [5.74, 6) is -0.330. The Kier molecular flexibility index (Phi) is 5.95. The van der Waals surface area contributed by atoms with E-state index < -0.39 is 20.0 Å². The van der Waals surface area contributed by atoms with Gasteiger partial charge in [0, 0.05) is 23.2 Å². The van der Waals surface area contributed by atoms with Crippen LogP contribution >= 0.6 is 15.9 Å². The highest BCUT2D eigenvalue weighted by atomic mass is 79.9. The standard InChI is InChI=1S/C10H16BrN3O4S2/c1-2-13-19(15,16)4-3-14-20(17,18)10-6-8(11)5-9(12)7-10/h5-7,13-14H,2-4,12H2,1H3. The molecule has 20 heavy (non-hydrogen) atoms. The molecule has 1 aromatic rings. The zero-order valence-corrected chi connectivity index (χ0v) is 14.0. The molecule has 0 saturated carbocycles. The average Bonchev–Trinajstić information content (AvgIpc) is 2.26.